The molecule has 5 heteroatoms. The molecule has 4 N–H and O–H groups in total. The standard InChI is InChI=1S/C24H46N2O3/c1-2-3-4-5-6-7-8-9-10-11-12-13-14-15-16-20-23(27)26-21-18-17-19-22(25)24(28)29/h13-14,22H,2-12,15-21,25H2,1H3,(H,26,27)(H,28,29)/b14-13+/t22-/m0/s1. The van der Waals surface area contributed by atoms with E-state index in [2.05, 4.69) is 24.4 Å². The van der Waals surface area contributed by atoms with Gasteiger partial charge in [-0.2, -0.15) is 0 Å². The maximum Gasteiger partial charge on any atom is 0.320 e. The first-order valence-electron chi connectivity index (χ1n) is 12.0. The highest BCUT2D eigenvalue weighted by atomic mass is 16.4. The zero-order valence-corrected chi connectivity index (χ0v) is 18.8. The number of carbonyl (C=O) groups excluding carboxylic acids is 1. The van der Waals surface area contributed by atoms with Gasteiger partial charge in [-0.05, 0) is 44.9 Å². The fraction of sp³-hybridized carbons (Fsp3) is 0.833. The summed E-state index contributed by atoms with van der Waals surface area (Å²) < 4.78 is 0. The van der Waals surface area contributed by atoms with E-state index in [4.69, 9.17) is 10.8 Å². The number of hydrogen-bond acceptors (Lipinski definition) is 3. The van der Waals surface area contributed by atoms with E-state index in [0.29, 0.717) is 19.4 Å². The summed E-state index contributed by atoms with van der Waals surface area (Å²) in [4.78, 5) is 22.3. The summed E-state index contributed by atoms with van der Waals surface area (Å²) in [6.45, 7) is 2.86. The Morgan fingerprint density at radius 1 is 0.828 bits per heavy atom. The van der Waals surface area contributed by atoms with Crippen LogP contribution in [0.3, 0.4) is 0 Å². The second kappa shape index (κ2) is 21.4. The number of aliphatic carboxylic acids is 1. The van der Waals surface area contributed by atoms with Crippen LogP contribution in [0.5, 0.6) is 0 Å². The first-order chi connectivity index (χ1) is 14.1. The van der Waals surface area contributed by atoms with Crippen molar-refractivity contribution in [2.75, 3.05) is 6.54 Å². The third-order valence-corrected chi connectivity index (χ3v) is 5.25. The Morgan fingerprint density at radius 2 is 1.38 bits per heavy atom. The molecule has 0 aliphatic heterocycles. The van der Waals surface area contributed by atoms with Crippen LogP contribution in [0.25, 0.3) is 0 Å². The molecule has 0 saturated heterocycles. The number of nitrogens with one attached hydrogen (secondary N) is 1. The average Bonchev–Trinajstić information content (AvgIpc) is 2.70. The number of carboxylic acids is 1. The quantitative estimate of drug-likeness (QED) is 0.167. The van der Waals surface area contributed by atoms with Gasteiger partial charge in [-0.1, -0.05) is 76.9 Å². The largest absolute Gasteiger partial charge is 0.480 e. The summed E-state index contributed by atoms with van der Waals surface area (Å²) in [6, 6.07) is -0.794. The molecule has 0 aliphatic rings. The highest BCUT2D eigenvalue weighted by Crippen LogP contribution is 2.11. The Balaban J connectivity index is 3.30. The Kier molecular flexibility index (Phi) is 20.3. The summed E-state index contributed by atoms with van der Waals surface area (Å²) in [5.41, 5.74) is 5.44. The number of rotatable bonds is 21. The molecule has 0 heterocycles. The predicted octanol–water partition coefficient (Wildman–Crippen LogP) is 5.72. The summed E-state index contributed by atoms with van der Waals surface area (Å²) in [5, 5.41) is 11.6. The Bertz CT molecular complexity index is 424. The van der Waals surface area contributed by atoms with E-state index in [1.54, 1.807) is 0 Å². The minimum atomic E-state index is -0.963. The number of carbonyl (C=O) groups is 2. The van der Waals surface area contributed by atoms with Crippen molar-refractivity contribution in [2.45, 2.75) is 122 Å². The molecule has 0 rings (SSSR count). The Hall–Kier alpha value is -1.36. The minimum Gasteiger partial charge on any atom is -0.480 e. The molecule has 0 aromatic rings. The second-order valence-corrected chi connectivity index (χ2v) is 8.12. The zero-order chi connectivity index (χ0) is 21.6. The van der Waals surface area contributed by atoms with Crippen LogP contribution >= 0.6 is 0 Å². The molecule has 170 valence electrons. The first kappa shape index (κ1) is 27.6. The molecule has 1 atom stereocenters. The van der Waals surface area contributed by atoms with Crippen LogP contribution in [0.4, 0.5) is 0 Å². The van der Waals surface area contributed by atoms with Gasteiger partial charge in [-0.15, -0.1) is 0 Å². The number of unbranched alkanes of at least 4 members (excludes halogenated alkanes) is 12. The van der Waals surface area contributed by atoms with Gasteiger partial charge >= 0.3 is 5.97 Å². The number of carboxylic acid groups (broad SMARTS) is 1. The van der Waals surface area contributed by atoms with Crippen molar-refractivity contribution in [1.29, 1.82) is 0 Å². The normalized spacial score (nSPS) is 12.3. The molecule has 0 saturated carbocycles. The van der Waals surface area contributed by atoms with Gasteiger partial charge in [0.1, 0.15) is 6.04 Å². The second-order valence-electron chi connectivity index (χ2n) is 8.12. The molecule has 29 heavy (non-hydrogen) atoms. The third-order valence-electron chi connectivity index (χ3n) is 5.25. The fourth-order valence-corrected chi connectivity index (χ4v) is 3.29. The lowest BCUT2D eigenvalue weighted by Crippen LogP contribution is -2.30. The molecule has 5 nitrogen and oxygen atoms in total. The van der Waals surface area contributed by atoms with E-state index in [0.717, 1.165) is 32.1 Å². The van der Waals surface area contributed by atoms with E-state index < -0.39 is 12.0 Å². The van der Waals surface area contributed by atoms with Crippen molar-refractivity contribution < 1.29 is 14.7 Å². The summed E-state index contributed by atoms with van der Waals surface area (Å²) in [7, 11) is 0. The van der Waals surface area contributed by atoms with Crippen LogP contribution in [0.2, 0.25) is 0 Å². The monoisotopic (exact) mass is 410 g/mol. The minimum absolute atomic E-state index is 0.0793. The van der Waals surface area contributed by atoms with Gasteiger partial charge in [0.15, 0.2) is 0 Å². The molecule has 0 unspecified atom stereocenters. The SMILES string of the molecule is CCCCCCCCCCCC/C=C/CCCC(=O)NCCCC[C@H](N)C(=O)O. The lowest BCUT2D eigenvalue weighted by Gasteiger charge is -2.07. The van der Waals surface area contributed by atoms with Crippen LogP contribution in [0.15, 0.2) is 12.2 Å². The fourth-order valence-electron chi connectivity index (χ4n) is 3.29. The molecular weight excluding hydrogens is 364 g/mol. The van der Waals surface area contributed by atoms with Crippen LogP contribution in [0, 0.1) is 0 Å². The summed E-state index contributed by atoms with van der Waals surface area (Å²) >= 11 is 0. The van der Waals surface area contributed by atoms with E-state index in [-0.39, 0.29) is 5.91 Å². The maximum atomic E-state index is 11.7. The number of amides is 1. The van der Waals surface area contributed by atoms with E-state index >= 15 is 0 Å². The van der Waals surface area contributed by atoms with Gasteiger partial charge in [-0.3, -0.25) is 9.59 Å². The van der Waals surface area contributed by atoms with Crippen LogP contribution in [-0.4, -0.2) is 29.6 Å². The van der Waals surface area contributed by atoms with Crippen molar-refractivity contribution in [2.24, 2.45) is 5.73 Å². The Labute approximate surface area is 178 Å². The lowest BCUT2D eigenvalue weighted by atomic mass is 10.1. The van der Waals surface area contributed by atoms with Gasteiger partial charge in [0, 0.05) is 13.0 Å². The van der Waals surface area contributed by atoms with Crippen LogP contribution < -0.4 is 11.1 Å². The van der Waals surface area contributed by atoms with E-state index in [9.17, 15) is 9.59 Å². The number of nitrogens with two attached hydrogens (primary N) is 1. The molecule has 0 aromatic heterocycles. The molecule has 0 aliphatic carbocycles. The molecule has 0 bridgehead atoms. The maximum absolute atomic E-state index is 11.7. The van der Waals surface area contributed by atoms with Crippen molar-refractivity contribution in [3.63, 3.8) is 0 Å². The summed E-state index contributed by atoms with van der Waals surface area (Å²) in [6.07, 6.45) is 23.7. The van der Waals surface area contributed by atoms with Crippen LogP contribution in [-0.2, 0) is 9.59 Å². The van der Waals surface area contributed by atoms with Crippen molar-refractivity contribution in [3.8, 4) is 0 Å². The van der Waals surface area contributed by atoms with Crippen molar-refractivity contribution in [1.82, 2.24) is 5.32 Å². The highest BCUT2D eigenvalue weighted by Gasteiger charge is 2.10. The van der Waals surface area contributed by atoms with Gasteiger partial charge in [0.25, 0.3) is 0 Å². The number of allylic oxidation sites excluding steroid dienone is 2. The number of hydrogen-bond donors (Lipinski definition) is 3. The molecule has 0 spiro atoms. The summed E-state index contributed by atoms with van der Waals surface area (Å²) in [5.74, 6) is -0.883. The van der Waals surface area contributed by atoms with E-state index in [1.807, 2.05) is 0 Å². The highest BCUT2D eigenvalue weighted by molar-refractivity contribution is 5.75. The van der Waals surface area contributed by atoms with Crippen molar-refractivity contribution >= 4 is 11.9 Å². The first-order valence-corrected chi connectivity index (χ1v) is 12.0. The van der Waals surface area contributed by atoms with E-state index in [1.165, 1.54) is 64.2 Å². The average molecular weight is 411 g/mol. The van der Waals surface area contributed by atoms with Gasteiger partial charge < -0.3 is 16.2 Å². The third kappa shape index (κ3) is 21.2. The molecular formula is C24H46N2O3. The molecule has 0 fully saturated rings. The Morgan fingerprint density at radius 3 is 1.97 bits per heavy atom. The molecule has 1 amide bonds. The lowest BCUT2D eigenvalue weighted by molar-refractivity contribution is -0.138. The van der Waals surface area contributed by atoms with Crippen LogP contribution in [0.1, 0.15) is 116 Å². The molecule has 0 radical (unpaired) electrons. The van der Waals surface area contributed by atoms with Crippen molar-refractivity contribution in [3.05, 3.63) is 12.2 Å². The topological polar surface area (TPSA) is 92.4 Å². The van der Waals surface area contributed by atoms with Gasteiger partial charge in [0.2, 0.25) is 5.91 Å². The zero-order valence-electron chi connectivity index (χ0n) is 18.8. The van der Waals surface area contributed by atoms with Gasteiger partial charge in [0.05, 0.1) is 0 Å². The predicted molar refractivity (Wildman–Crippen MR) is 122 cm³/mol. The van der Waals surface area contributed by atoms with Gasteiger partial charge in [-0.25, -0.2) is 0 Å². The molecule has 0 aromatic carbocycles. The smallest absolute Gasteiger partial charge is 0.320 e.